The second kappa shape index (κ2) is 20.3. The summed E-state index contributed by atoms with van der Waals surface area (Å²) in [7, 11) is -36.0. The molecule has 0 aromatic rings. The van der Waals surface area contributed by atoms with Gasteiger partial charge in [0.05, 0.1) is 0 Å². The van der Waals surface area contributed by atoms with E-state index < -0.39 is 43.5 Å². The van der Waals surface area contributed by atoms with Gasteiger partial charge in [0.2, 0.25) is 0 Å². The fraction of sp³-hybridized carbons (Fsp3) is 1.00. The van der Waals surface area contributed by atoms with Crippen molar-refractivity contribution in [1.82, 2.24) is 0 Å². The first kappa shape index (κ1) is 48.2. The van der Waals surface area contributed by atoms with Crippen molar-refractivity contribution in [1.29, 1.82) is 0 Å². The molecule has 206 valence electrons. The lowest BCUT2D eigenvalue weighted by Gasteiger charge is -1.94. The molecule has 0 aliphatic heterocycles. The Morgan fingerprint density at radius 3 is 0.188 bits per heavy atom. The summed E-state index contributed by atoms with van der Waals surface area (Å²) in [6.07, 6.45) is 0. The molecule has 0 aromatic heterocycles. The van der Waals surface area contributed by atoms with Crippen molar-refractivity contribution in [3.8, 4) is 0 Å². The molecule has 0 aromatic carbocycles. The summed E-state index contributed by atoms with van der Waals surface area (Å²) in [5.41, 5.74) is 0. The third kappa shape index (κ3) is 13200. The van der Waals surface area contributed by atoms with Crippen LogP contribution in [0, 0.1) is 0 Å². The van der Waals surface area contributed by atoms with E-state index >= 15 is 0 Å². The van der Waals surface area contributed by atoms with Crippen LogP contribution in [0.3, 0.4) is 0 Å². The van der Waals surface area contributed by atoms with Gasteiger partial charge in [-0.3, -0.25) is 0 Å². The van der Waals surface area contributed by atoms with E-state index in [-0.39, 0.29) is 0 Å². The van der Waals surface area contributed by atoms with Crippen LogP contribution in [-0.4, -0.2) is 43.5 Å². The third-order valence-corrected chi connectivity index (χ3v) is 0. The number of halogens is 24. The average molecular weight is 551 g/mol. The lowest BCUT2D eigenvalue weighted by Crippen LogP contribution is -2.02. The van der Waals surface area contributed by atoms with Gasteiger partial charge in [0.25, 0.3) is 0 Å². The van der Waals surface area contributed by atoms with Gasteiger partial charge in [0.1, 0.15) is 0 Å². The maximum absolute atomic E-state index is 9.75. The quantitative estimate of drug-likeness (QED) is 0.209. The van der Waals surface area contributed by atoms with Crippen LogP contribution in [0.2, 0.25) is 0 Å². The lowest BCUT2D eigenvalue weighted by atomic mass is 10.3. The van der Waals surface area contributed by atoms with Crippen molar-refractivity contribution in [2.75, 3.05) is 0 Å². The molecule has 0 rings (SSSR count). The molecule has 0 amide bonds. The summed E-state index contributed by atoms with van der Waals surface area (Å²) in [5, 5.41) is 0. The van der Waals surface area contributed by atoms with Crippen molar-refractivity contribution in [3.63, 3.8) is 0 Å². The zero-order valence-electron chi connectivity index (χ0n) is 14.5. The van der Waals surface area contributed by atoms with Crippen LogP contribution in [0.1, 0.15) is 13.8 Å². The monoisotopic (exact) mass is 552 g/mol. The Hall–Kier alpha value is -1.29. The minimum absolute atomic E-state index is 2.00. The van der Waals surface area contributed by atoms with E-state index in [1.165, 1.54) is 0 Å². The van der Waals surface area contributed by atoms with Gasteiger partial charge in [-0.1, -0.05) is 13.8 Å². The zero-order valence-corrected chi connectivity index (χ0v) is 14.5. The highest BCUT2D eigenvalue weighted by Gasteiger charge is 2.22. The van der Waals surface area contributed by atoms with Gasteiger partial charge in [-0.05, 0) is 0 Å². The number of hydrogen-bond acceptors (Lipinski definition) is 0. The van der Waals surface area contributed by atoms with Crippen molar-refractivity contribution >= 4 is 43.5 Å². The van der Waals surface area contributed by atoms with Crippen molar-refractivity contribution in [3.05, 3.63) is 0 Å². The topological polar surface area (TPSA) is 0 Å². The van der Waals surface area contributed by atoms with Gasteiger partial charge in [-0.2, -0.15) is 0 Å². The van der Waals surface area contributed by atoms with Crippen LogP contribution >= 0.6 is 0 Å². The summed E-state index contributed by atoms with van der Waals surface area (Å²) in [6, 6.07) is 0. The van der Waals surface area contributed by atoms with Crippen molar-refractivity contribution < 1.29 is 104 Å². The van der Waals surface area contributed by atoms with Gasteiger partial charge in [-0.25, -0.2) is 0 Å². The van der Waals surface area contributed by atoms with Crippen LogP contribution in [0.25, 0.3) is 0 Å². The van der Waals surface area contributed by atoms with Crippen molar-refractivity contribution in [2.45, 2.75) is 13.8 Å². The normalized spacial score (nSPS) is 11.4. The summed E-state index contributed by atoms with van der Waals surface area (Å²) < 4.78 is 234. The summed E-state index contributed by atoms with van der Waals surface area (Å²) >= 11 is 0. The van der Waals surface area contributed by atoms with E-state index in [1.807, 2.05) is 13.8 Å². The first-order valence-corrected chi connectivity index (χ1v) is 6.24. The Labute approximate surface area is 162 Å². The minimum Gasteiger partial charge on any atom is -0.418 e. The molecule has 0 unspecified atom stereocenters. The molecule has 0 saturated carbocycles. The molecule has 0 heterocycles. The Morgan fingerprint density at radius 2 is 0.188 bits per heavy atom. The largest absolute Gasteiger partial charge is 0.673 e. The minimum atomic E-state index is -6.00. The van der Waals surface area contributed by atoms with Gasteiger partial charge in [0.15, 0.2) is 0 Å². The molecule has 0 aliphatic rings. The zero-order chi connectivity index (χ0) is 29.0. The fourth-order valence-electron chi connectivity index (χ4n) is 0. The highest BCUT2D eigenvalue weighted by molar-refractivity contribution is 6.51. The van der Waals surface area contributed by atoms with E-state index in [1.54, 1.807) is 0 Å². The maximum Gasteiger partial charge on any atom is 0.673 e. The second-order valence-electron chi connectivity index (χ2n) is 2.97. The van der Waals surface area contributed by atoms with E-state index in [0.717, 1.165) is 0 Å². The molecule has 0 atom stereocenters. The van der Waals surface area contributed by atoms with Gasteiger partial charge in [-0.15, -0.1) is 0 Å². The predicted octanol–water partition coefficient (Wildman–Crippen LogP) is 8.83. The molecular weight excluding hydrogens is 545 g/mol. The van der Waals surface area contributed by atoms with E-state index in [0.29, 0.717) is 0 Å². The molecular formula is C2H6B6F24-6. The molecule has 0 nitrogen and oxygen atoms in total. The fourth-order valence-corrected chi connectivity index (χ4v) is 0. The van der Waals surface area contributed by atoms with Crippen LogP contribution in [0.15, 0.2) is 0 Å². The summed E-state index contributed by atoms with van der Waals surface area (Å²) in [4.78, 5) is 0. The third-order valence-electron chi connectivity index (χ3n) is 0. The Balaban J connectivity index is -0.0000000461. The van der Waals surface area contributed by atoms with Gasteiger partial charge in [0, 0.05) is 0 Å². The smallest absolute Gasteiger partial charge is 0.418 e. The second-order valence-corrected chi connectivity index (χ2v) is 2.97. The Bertz CT molecular complexity index is 219. The van der Waals surface area contributed by atoms with Gasteiger partial charge >= 0.3 is 43.5 Å². The molecule has 0 spiro atoms. The molecule has 30 heteroatoms. The van der Waals surface area contributed by atoms with E-state index in [4.69, 9.17) is 0 Å². The highest BCUT2D eigenvalue weighted by atomic mass is 19.5. The Morgan fingerprint density at radius 1 is 0.188 bits per heavy atom. The summed E-state index contributed by atoms with van der Waals surface area (Å²) in [6.45, 7) is 4.00. The average Bonchev–Trinajstić information content (AvgIpc) is 2.14. The van der Waals surface area contributed by atoms with Crippen LogP contribution < -0.4 is 0 Å². The molecule has 0 aliphatic carbocycles. The highest BCUT2D eigenvalue weighted by Crippen LogP contribution is 2.09. The standard InChI is InChI=1S/C2H6.6BF4/c1-2;6*2-1(3,4)5/h1-2H3;;;;;;/q;6*-1. The molecule has 0 fully saturated rings. The van der Waals surface area contributed by atoms with Crippen LogP contribution in [0.5, 0.6) is 0 Å². The molecule has 0 N–H and O–H groups in total. The molecule has 0 bridgehead atoms. The number of rotatable bonds is 0. The SMILES string of the molecule is CC.F[B-](F)(F)F.F[B-](F)(F)F.F[B-](F)(F)F.F[B-](F)(F)F.F[B-](F)(F)F.F[B-](F)(F)F. The molecule has 0 radical (unpaired) electrons. The number of hydrogen-bond donors (Lipinski definition) is 0. The Kier molecular flexibility index (Phi) is 30.6. The van der Waals surface area contributed by atoms with E-state index in [9.17, 15) is 104 Å². The van der Waals surface area contributed by atoms with Crippen LogP contribution in [0.4, 0.5) is 104 Å². The predicted molar refractivity (Wildman–Crippen MR) is 72.5 cm³/mol. The van der Waals surface area contributed by atoms with E-state index in [2.05, 4.69) is 0 Å². The molecule has 32 heavy (non-hydrogen) atoms. The summed E-state index contributed by atoms with van der Waals surface area (Å²) in [5.74, 6) is 0. The first-order valence-electron chi connectivity index (χ1n) is 6.24. The lowest BCUT2D eigenvalue weighted by molar-refractivity contribution is 0.366. The maximum atomic E-state index is 9.75. The van der Waals surface area contributed by atoms with Crippen molar-refractivity contribution in [2.24, 2.45) is 0 Å². The van der Waals surface area contributed by atoms with Gasteiger partial charge < -0.3 is 104 Å². The first-order chi connectivity index (χ1) is 13.0. The van der Waals surface area contributed by atoms with Crippen LogP contribution in [-0.2, 0) is 0 Å². The molecule has 0 saturated heterocycles.